The second-order valence-electron chi connectivity index (χ2n) is 10.8. The highest BCUT2D eigenvalue weighted by Crippen LogP contribution is 2.25. The van der Waals surface area contributed by atoms with Crippen LogP contribution in [0.5, 0.6) is 0 Å². The second kappa shape index (κ2) is 9.91. The van der Waals surface area contributed by atoms with Crippen molar-refractivity contribution in [3.63, 3.8) is 0 Å². The fourth-order valence-electron chi connectivity index (χ4n) is 2.84. The lowest BCUT2D eigenvalue weighted by molar-refractivity contribution is 0.0303. The SMILES string of the molecule is CN(CCC(=N[S@@](=O)C(C)(C)C)c1cc(F)ccc1C1=NC(C)(C)CO1)C(=O)OC(C)(C)C. The number of carbonyl (C=O) groups excluding carboxylic acids is 1. The van der Waals surface area contributed by atoms with Crippen LogP contribution in [0.25, 0.3) is 0 Å². The predicted octanol–water partition coefficient (Wildman–Crippen LogP) is 4.89. The number of aliphatic imine (C=N–C) groups is 1. The molecule has 0 unspecified atom stereocenters. The summed E-state index contributed by atoms with van der Waals surface area (Å²) in [7, 11) is 0.0259. The van der Waals surface area contributed by atoms with E-state index >= 15 is 0 Å². The molecule has 1 aromatic carbocycles. The van der Waals surface area contributed by atoms with Crippen molar-refractivity contribution in [1.82, 2.24) is 4.90 Å². The van der Waals surface area contributed by atoms with E-state index in [-0.39, 0.29) is 13.0 Å². The minimum atomic E-state index is -1.59. The standard InChI is InChI=1S/C24H36FN3O4S/c1-22(2,3)32-21(29)28(9)13-12-19(27-33(30)23(4,5)6)18-14-16(25)10-11-17(18)20-26-24(7,8)15-31-20/h10-11,14H,12-13,15H2,1-9H3/t33-/m0/s1. The summed E-state index contributed by atoms with van der Waals surface area (Å²) in [6.07, 6.45) is -0.242. The number of nitrogens with zero attached hydrogens (tertiary/aromatic N) is 3. The zero-order chi connectivity index (χ0) is 25.2. The summed E-state index contributed by atoms with van der Waals surface area (Å²) < 4.78 is 42.3. The van der Waals surface area contributed by atoms with E-state index in [1.165, 1.54) is 17.0 Å². The quantitative estimate of drug-likeness (QED) is 0.542. The monoisotopic (exact) mass is 481 g/mol. The third kappa shape index (κ3) is 7.91. The lowest BCUT2D eigenvalue weighted by Gasteiger charge is -2.25. The molecule has 1 aromatic rings. The Kier molecular flexibility index (Phi) is 8.10. The molecule has 0 radical (unpaired) electrons. The summed E-state index contributed by atoms with van der Waals surface area (Å²) in [4.78, 5) is 18.4. The molecule has 33 heavy (non-hydrogen) atoms. The molecular formula is C24H36FN3O4S. The number of hydrogen-bond acceptors (Lipinski definition) is 5. The molecule has 0 saturated carbocycles. The molecule has 1 atom stereocenters. The van der Waals surface area contributed by atoms with E-state index in [0.29, 0.717) is 29.3 Å². The van der Waals surface area contributed by atoms with Crippen molar-refractivity contribution in [1.29, 1.82) is 0 Å². The minimum absolute atomic E-state index is 0.240. The number of ether oxygens (including phenoxy) is 2. The highest BCUT2D eigenvalue weighted by molar-refractivity contribution is 7.85. The van der Waals surface area contributed by atoms with Crippen molar-refractivity contribution in [2.24, 2.45) is 9.39 Å². The molecule has 7 nitrogen and oxygen atoms in total. The molecule has 2 rings (SSSR count). The molecular weight excluding hydrogens is 445 g/mol. The Balaban J connectivity index is 2.46. The third-order valence-electron chi connectivity index (χ3n) is 4.60. The number of hydrogen-bond donors (Lipinski definition) is 0. The first-order valence-corrected chi connectivity index (χ1v) is 12.1. The van der Waals surface area contributed by atoms with Gasteiger partial charge in [0.15, 0.2) is 0 Å². The van der Waals surface area contributed by atoms with Crippen molar-refractivity contribution in [2.75, 3.05) is 20.2 Å². The van der Waals surface area contributed by atoms with Crippen LogP contribution in [0, 0.1) is 5.82 Å². The Morgan fingerprint density at radius 1 is 1.27 bits per heavy atom. The first-order chi connectivity index (χ1) is 15.0. The first-order valence-electron chi connectivity index (χ1n) is 11.0. The van der Waals surface area contributed by atoms with Gasteiger partial charge in [-0.15, -0.1) is 0 Å². The van der Waals surface area contributed by atoms with Gasteiger partial charge < -0.3 is 14.4 Å². The molecule has 1 aliphatic rings. The summed E-state index contributed by atoms with van der Waals surface area (Å²) in [6.45, 7) is 15.4. The Morgan fingerprint density at radius 2 is 1.91 bits per heavy atom. The number of halogens is 1. The number of carbonyl (C=O) groups is 1. The average molecular weight is 482 g/mol. The van der Waals surface area contributed by atoms with Gasteiger partial charge in [0.25, 0.3) is 0 Å². The van der Waals surface area contributed by atoms with Crippen LogP contribution in [0.4, 0.5) is 9.18 Å². The molecule has 1 heterocycles. The van der Waals surface area contributed by atoms with Crippen LogP contribution in [0.2, 0.25) is 0 Å². The van der Waals surface area contributed by atoms with Crippen molar-refractivity contribution >= 4 is 28.7 Å². The van der Waals surface area contributed by atoms with Crippen molar-refractivity contribution in [2.45, 2.75) is 77.7 Å². The molecule has 0 fully saturated rings. The van der Waals surface area contributed by atoms with E-state index in [1.54, 1.807) is 33.9 Å². The second-order valence-corrected chi connectivity index (χ2v) is 12.7. The van der Waals surface area contributed by atoms with Crippen LogP contribution in [0.3, 0.4) is 0 Å². The fraction of sp³-hybridized carbons (Fsp3) is 0.625. The summed E-state index contributed by atoms with van der Waals surface area (Å²) >= 11 is 0. The molecule has 1 aliphatic heterocycles. The number of amides is 1. The van der Waals surface area contributed by atoms with Crippen LogP contribution in [0.1, 0.15) is 72.9 Å². The first kappa shape index (κ1) is 27.0. The zero-order valence-electron chi connectivity index (χ0n) is 21.1. The molecule has 9 heteroatoms. The molecule has 1 amide bonds. The Bertz CT molecular complexity index is 975. The van der Waals surface area contributed by atoms with Gasteiger partial charge in [0.05, 0.1) is 16.0 Å². The lowest BCUT2D eigenvalue weighted by Crippen LogP contribution is -2.35. The Labute approximate surface area is 199 Å². The van der Waals surface area contributed by atoms with Gasteiger partial charge >= 0.3 is 6.09 Å². The predicted molar refractivity (Wildman–Crippen MR) is 131 cm³/mol. The number of benzene rings is 1. The topological polar surface area (TPSA) is 80.6 Å². The normalized spacial score (nSPS) is 17.3. The van der Waals surface area contributed by atoms with Crippen LogP contribution >= 0.6 is 0 Å². The van der Waals surface area contributed by atoms with Gasteiger partial charge in [-0.3, -0.25) is 0 Å². The molecule has 0 aromatic heterocycles. The van der Waals surface area contributed by atoms with E-state index in [9.17, 15) is 13.4 Å². The summed E-state index contributed by atoms with van der Waals surface area (Å²) in [5.74, 6) is -0.0638. The van der Waals surface area contributed by atoms with E-state index in [1.807, 2.05) is 34.6 Å². The maximum Gasteiger partial charge on any atom is 0.410 e. The summed E-state index contributed by atoms with van der Waals surface area (Å²) in [5, 5.41) is 0. The van der Waals surface area contributed by atoms with Gasteiger partial charge in [-0.2, -0.15) is 4.40 Å². The molecule has 0 saturated heterocycles. The molecule has 0 N–H and O–H groups in total. The highest BCUT2D eigenvalue weighted by atomic mass is 32.2. The van der Waals surface area contributed by atoms with Crippen LogP contribution in [-0.4, -0.2) is 62.9 Å². The average Bonchev–Trinajstić information content (AvgIpc) is 3.01. The molecule has 0 aliphatic carbocycles. The van der Waals surface area contributed by atoms with Crippen molar-refractivity contribution in [3.05, 3.63) is 35.1 Å². The summed E-state index contributed by atoms with van der Waals surface area (Å²) in [5.41, 5.74) is 0.400. The van der Waals surface area contributed by atoms with Crippen LogP contribution in [0.15, 0.2) is 27.6 Å². The van der Waals surface area contributed by atoms with E-state index in [2.05, 4.69) is 9.39 Å². The molecule has 0 spiro atoms. The van der Waals surface area contributed by atoms with Crippen LogP contribution in [-0.2, 0) is 20.5 Å². The highest BCUT2D eigenvalue weighted by Gasteiger charge is 2.30. The van der Waals surface area contributed by atoms with E-state index in [4.69, 9.17) is 9.47 Å². The fourth-order valence-corrected chi connectivity index (χ4v) is 3.50. The Hall–Kier alpha value is -2.29. The van der Waals surface area contributed by atoms with Gasteiger partial charge in [-0.25, -0.2) is 18.4 Å². The maximum absolute atomic E-state index is 14.3. The summed E-state index contributed by atoms with van der Waals surface area (Å²) in [6, 6.07) is 4.28. The molecule has 0 bridgehead atoms. The van der Waals surface area contributed by atoms with Gasteiger partial charge in [0.1, 0.15) is 29.0 Å². The third-order valence-corrected chi connectivity index (χ3v) is 6.03. The van der Waals surface area contributed by atoms with Crippen molar-refractivity contribution in [3.8, 4) is 0 Å². The van der Waals surface area contributed by atoms with Gasteiger partial charge in [-0.05, 0) is 73.6 Å². The van der Waals surface area contributed by atoms with E-state index in [0.717, 1.165) is 0 Å². The van der Waals surface area contributed by atoms with Gasteiger partial charge in [0.2, 0.25) is 5.90 Å². The minimum Gasteiger partial charge on any atom is -0.475 e. The number of rotatable bonds is 6. The van der Waals surface area contributed by atoms with Crippen LogP contribution < -0.4 is 0 Å². The smallest absolute Gasteiger partial charge is 0.410 e. The molecule has 184 valence electrons. The Morgan fingerprint density at radius 3 is 2.42 bits per heavy atom. The van der Waals surface area contributed by atoms with Crippen molar-refractivity contribution < 1.29 is 22.9 Å². The zero-order valence-corrected chi connectivity index (χ0v) is 21.9. The lowest BCUT2D eigenvalue weighted by atomic mass is 10.00. The van der Waals surface area contributed by atoms with Gasteiger partial charge in [0, 0.05) is 31.1 Å². The van der Waals surface area contributed by atoms with E-state index < -0.39 is 38.8 Å². The largest absolute Gasteiger partial charge is 0.475 e. The van der Waals surface area contributed by atoms with Gasteiger partial charge in [-0.1, -0.05) is 0 Å². The maximum atomic E-state index is 14.3.